The quantitative estimate of drug-likeness (QED) is 0.782. The SMILES string of the molecule is CCOc1cc(F)ccc1NC(=O)c1cccc(-n2cccn2)n1. The second kappa shape index (κ2) is 6.91. The first-order valence-electron chi connectivity index (χ1n) is 7.38. The summed E-state index contributed by atoms with van der Waals surface area (Å²) in [5.41, 5.74) is 0.601. The number of pyridine rings is 1. The van der Waals surface area contributed by atoms with Gasteiger partial charge < -0.3 is 10.1 Å². The van der Waals surface area contributed by atoms with Gasteiger partial charge in [-0.3, -0.25) is 4.79 Å². The molecule has 0 aliphatic heterocycles. The number of hydrogen-bond donors (Lipinski definition) is 1. The van der Waals surface area contributed by atoms with Crippen molar-refractivity contribution in [2.24, 2.45) is 0 Å². The smallest absolute Gasteiger partial charge is 0.274 e. The topological polar surface area (TPSA) is 69.0 Å². The Kier molecular flexibility index (Phi) is 4.51. The predicted molar refractivity (Wildman–Crippen MR) is 86.9 cm³/mol. The number of rotatable bonds is 5. The van der Waals surface area contributed by atoms with Crippen molar-refractivity contribution in [3.05, 3.63) is 66.4 Å². The molecule has 0 aliphatic rings. The fourth-order valence-corrected chi connectivity index (χ4v) is 2.14. The van der Waals surface area contributed by atoms with Gasteiger partial charge in [-0.05, 0) is 37.3 Å². The third-order valence-corrected chi connectivity index (χ3v) is 3.20. The Labute approximate surface area is 137 Å². The molecule has 3 rings (SSSR count). The lowest BCUT2D eigenvalue weighted by Crippen LogP contribution is -2.15. The van der Waals surface area contributed by atoms with Gasteiger partial charge in [-0.1, -0.05) is 6.07 Å². The van der Waals surface area contributed by atoms with E-state index in [2.05, 4.69) is 15.4 Å². The third kappa shape index (κ3) is 3.40. The van der Waals surface area contributed by atoms with Crippen molar-refractivity contribution < 1.29 is 13.9 Å². The number of carbonyl (C=O) groups is 1. The van der Waals surface area contributed by atoms with Crippen LogP contribution in [0, 0.1) is 5.82 Å². The van der Waals surface area contributed by atoms with Crippen molar-refractivity contribution in [2.75, 3.05) is 11.9 Å². The van der Waals surface area contributed by atoms with E-state index in [4.69, 9.17) is 4.74 Å². The monoisotopic (exact) mass is 326 g/mol. The number of aromatic nitrogens is 3. The highest BCUT2D eigenvalue weighted by molar-refractivity contribution is 6.03. The van der Waals surface area contributed by atoms with Crippen molar-refractivity contribution >= 4 is 11.6 Å². The summed E-state index contributed by atoms with van der Waals surface area (Å²) in [6, 6.07) is 10.8. The van der Waals surface area contributed by atoms with E-state index in [1.54, 1.807) is 48.3 Å². The van der Waals surface area contributed by atoms with E-state index in [-0.39, 0.29) is 11.4 Å². The van der Waals surface area contributed by atoms with Crippen LogP contribution in [0.5, 0.6) is 5.75 Å². The van der Waals surface area contributed by atoms with Crippen LogP contribution in [-0.4, -0.2) is 27.3 Å². The summed E-state index contributed by atoms with van der Waals surface area (Å²) < 4.78 is 20.2. The van der Waals surface area contributed by atoms with Gasteiger partial charge in [0.2, 0.25) is 0 Å². The van der Waals surface area contributed by atoms with Crippen LogP contribution in [0.25, 0.3) is 5.82 Å². The Balaban J connectivity index is 1.84. The van der Waals surface area contributed by atoms with E-state index in [1.807, 2.05) is 0 Å². The van der Waals surface area contributed by atoms with Crippen LogP contribution in [0.1, 0.15) is 17.4 Å². The summed E-state index contributed by atoms with van der Waals surface area (Å²) in [6.45, 7) is 2.14. The number of carbonyl (C=O) groups excluding carboxylic acids is 1. The number of anilines is 1. The molecular formula is C17H15FN4O2. The van der Waals surface area contributed by atoms with Gasteiger partial charge in [-0.25, -0.2) is 14.1 Å². The van der Waals surface area contributed by atoms with Gasteiger partial charge in [0.1, 0.15) is 17.3 Å². The van der Waals surface area contributed by atoms with Gasteiger partial charge in [0.25, 0.3) is 5.91 Å². The molecule has 0 saturated carbocycles. The predicted octanol–water partition coefficient (Wildman–Crippen LogP) is 3.06. The average molecular weight is 326 g/mol. The average Bonchev–Trinajstić information content (AvgIpc) is 3.12. The number of hydrogen-bond acceptors (Lipinski definition) is 4. The summed E-state index contributed by atoms with van der Waals surface area (Å²) in [6.07, 6.45) is 3.36. The van der Waals surface area contributed by atoms with Crippen molar-refractivity contribution in [2.45, 2.75) is 6.92 Å². The van der Waals surface area contributed by atoms with Gasteiger partial charge in [0, 0.05) is 18.5 Å². The Bertz CT molecular complexity index is 850. The van der Waals surface area contributed by atoms with Gasteiger partial charge in [0.05, 0.1) is 12.3 Å². The number of nitrogens with zero attached hydrogens (tertiary/aromatic N) is 3. The first kappa shape index (κ1) is 15.7. The number of amides is 1. The fourth-order valence-electron chi connectivity index (χ4n) is 2.14. The first-order chi connectivity index (χ1) is 11.7. The number of nitrogens with one attached hydrogen (secondary N) is 1. The minimum absolute atomic E-state index is 0.217. The lowest BCUT2D eigenvalue weighted by atomic mass is 10.2. The molecule has 7 heteroatoms. The normalized spacial score (nSPS) is 10.4. The van der Waals surface area contributed by atoms with Crippen LogP contribution in [-0.2, 0) is 0 Å². The highest BCUT2D eigenvalue weighted by Gasteiger charge is 2.13. The Morgan fingerprint density at radius 3 is 2.92 bits per heavy atom. The summed E-state index contributed by atoms with van der Waals surface area (Å²) >= 11 is 0. The number of halogens is 1. The molecular weight excluding hydrogens is 311 g/mol. The van der Waals surface area contributed by atoms with Crippen LogP contribution in [0.2, 0.25) is 0 Å². The molecule has 0 saturated heterocycles. The summed E-state index contributed by atoms with van der Waals surface area (Å²) in [7, 11) is 0. The minimum atomic E-state index is -0.435. The molecule has 1 N–H and O–H groups in total. The van der Waals surface area contributed by atoms with E-state index in [1.165, 1.54) is 18.2 Å². The van der Waals surface area contributed by atoms with E-state index in [0.717, 1.165) is 0 Å². The molecule has 2 aromatic heterocycles. The van der Waals surface area contributed by atoms with Crippen LogP contribution >= 0.6 is 0 Å². The molecule has 122 valence electrons. The number of benzene rings is 1. The van der Waals surface area contributed by atoms with Crippen molar-refractivity contribution in [3.8, 4) is 11.6 Å². The van der Waals surface area contributed by atoms with Crippen LogP contribution in [0.4, 0.5) is 10.1 Å². The molecule has 2 heterocycles. The maximum atomic E-state index is 13.3. The van der Waals surface area contributed by atoms with Crippen molar-refractivity contribution in [1.29, 1.82) is 0 Å². The molecule has 3 aromatic rings. The summed E-state index contributed by atoms with van der Waals surface area (Å²) in [5, 5.41) is 6.77. The largest absolute Gasteiger partial charge is 0.492 e. The van der Waals surface area contributed by atoms with Gasteiger partial charge >= 0.3 is 0 Å². The zero-order chi connectivity index (χ0) is 16.9. The molecule has 0 atom stereocenters. The zero-order valence-electron chi connectivity index (χ0n) is 12.9. The van der Waals surface area contributed by atoms with Gasteiger partial charge in [-0.15, -0.1) is 0 Å². The second-order valence-electron chi connectivity index (χ2n) is 4.86. The van der Waals surface area contributed by atoms with Crippen molar-refractivity contribution in [1.82, 2.24) is 14.8 Å². The van der Waals surface area contributed by atoms with Crippen LogP contribution in [0.3, 0.4) is 0 Å². The Morgan fingerprint density at radius 2 is 2.17 bits per heavy atom. The van der Waals surface area contributed by atoms with Crippen LogP contribution < -0.4 is 10.1 Å². The number of ether oxygens (including phenoxy) is 1. The molecule has 0 bridgehead atoms. The lowest BCUT2D eigenvalue weighted by Gasteiger charge is -2.11. The first-order valence-corrected chi connectivity index (χ1v) is 7.38. The van der Waals surface area contributed by atoms with Gasteiger partial charge in [-0.2, -0.15) is 5.10 Å². The molecule has 0 spiro atoms. The molecule has 0 fully saturated rings. The molecule has 1 aromatic carbocycles. The standard InChI is InChI=1S/C17H15FN4O2/c1-2-24-15-11-12(18)7-8-13(15)21-17(23)14-5-3-6-16(20-14)22-10-4-9-19-22/h3-11H,2H2,1H3,(H,21,23). The zero-order valence-corrected chi connectivity index (χ0v) is 12.9. The molecule has 0 aliphatic carbocycles. The van der Waals surface area contributed by atoms with Crippen molar-refractivity contribution in [3.63, 3.8) is 0 Å². The van der Waals surface area contributed by atoms with E-state index < -0.39 is 11.7 Å². The molecule has 0 radical (unpaired) electrons. The van der Waals surface area contributed by atoms with E-state index in [9.17, 15) is 9.18 Å². The highest BCUT2D eigenvalue weighted by atomic mass is 19.1. The Morgan fingerprint density at radius 1 is 1.29 bits per heavy atom. The maximum Gasteiger partial charge on any atom is 0.274 e. The molecule has 1 amide bonds. The molecule has 24 heavy (non-hydrogen) atoms. The summed E-state index contributed by atoms with van der Waals surface area (Å²) in [4.78, 5) is 16.7. The lowest BCUT2D eigenvalue weighted by molar-refractivity contribution is 0.102. The summed E-state index contributed by atoms with van der Waals surface area (Å²) in [5.74, 6) is -0.0577. The van der Waals surface area contributed by atoms with E-state index in [0.29, 0.717) is 18.1 Å². The van der Waals surface area contributed by atoms with Gasteiger partial charge in [0.15, 0.2) is 5.82 Å². The second-order valence-corrected chi connectivity index (χ2v) is 4.86. The minimum Gasteiger partial charge on any atom is -0.492 e. The molecule has 0 unspecified atom stereocenters. The maximum absolute atomic E-state index is 13.3. The van der Waals surface area contributed by atoms with Crippen LogP contribution in [0.15, 0.2) is 54.9 Å². The third-order valence-electron chi connectivity index (χ3n) is 3.20. The fraction of sp³-hybridized carbons (Fsp3) is 0.118. The highest BCUT2D eigenvalue weighted by Crippen LogP contribution is 2.26. The Hall–Kier alpha value is -3.22. The molecule has 6 nitrogen and oxygen atoms in total. The van der Waals surface area contributed by atoms with E-state index >= 15 is 0 Å².